The van der Waals surface area contributed by atoms with E-state index in [9.17, 15) is 22.8 Å². The average molecular weight is 445 g/mol. The third kappa shape index (κ3) is 6.09. The van der Waals surface area contributed by atoms with Crippen LogP contribution in [0.3, 0.4) is 0 Å². The van der Waals surface area contributed by atoms with Crippen molar-refractivity contribution in [2.45, 2.75) is 49.9 Å². The van der Waals surface area contributed by atoms with Gasteiger partial charge in [-0.15, -0.1) is 0 Å². The number of benzene rings is 1. The molecule has 0 atom stereocenters. The average Bonchev–Trinajstić information content (AvgIpc) is 2.99. The van der Waals surface area contributed by atoms with Gasteiger partial charge in [0, 0.05) is 12.1 Å². The molecule has 0 bridgehead atoms. The third-order valence-corrected chi connectivity index (χ3v) is 5.62. The lowest BCUT2D eigenvalue weighted by Gasteiger charge is -2.45. The molecule has 3 rings (SSSR count). The van der Waals surface area contributed by atoms with E-state index in [1.54, 1.807) is 0 Å². The fourth-order valence-electron chi connectivity index (χ4n) is 4.18. The number of urea groups is 1. The maximum atomic E-state index is 12.1. The van der Waals surface area contributed by atoms with E-state index in [2.05, 4.69) is 41.8 Å². The first kappa shape index (κ1) is 24.4. The van der Waals surface area contributed by atoms with Crippen LogP contribution in [0.1, 0.15) is 38.2 Å². The van der Waals surface area contributed by atoms with Crippen molar-refractivity contribution in [1.82, 2.24) is 15.5 Å². The molecule has 4 N–H and O–H groups in total. The van der Waals surface area contributed by atoms with Crippen molar-refractivity contribution in [3.05, 3.63) is 35.9 Å². The summed E-state index contributed by atoms with van der Waals surface area (Å²) in [6, 6.07) is 10.2. The molecular formula is C20H26F3N3O5. The second-order valence-corrected chi connectivity index (χ2v) is 7.74. The van der Waals surface area contributed by atoms with Gasteiger partial charge < -0.3 is 25.7 Å². The Morgan fingerprint density at radius 3 is 2.13 bits per heavy atom. The van der Waals surface area contributed by atoms with Crippen LogP contribution in [0.15, 0.2) is 30.3 Å². The third-order valence-electron chi connectivity index (χ3n) is 5.62. The lowest BCUT2D eigenvalue weighted by atomic mass is 9.69. The molecule has 1 saturated carbocycles. The van der Waals surface area contributed by atoms with Gasteiger partial charge in [0.1, 0.15) is 6.54 Å². The van der Waals surface area contributed by atoms with Gasteiger partial charge in [0.25, 0.3) is 0 Å². The standard InChI is InChI=1S/C18H25N3O3.C2HF3O2/c1-2-19-18(14-6-4-3-5-7-14)10-8-17(9-11-18)13-21(12-15(22)23)16(24)20-17;3-2(4,5)1(6)7/h3-7,19H,2,8-13H2,1H3,(H,20,24)(H,22,23);(H,6,7)/t17-,18-;. The Morgan fingerprint density at radius 2 is 1.68 bits per heavy atom. The lowest BCUT2D eigenvalue weighted by molar-refractivity contribution is -0.192. The van der Waals surface area contributed by atoms with Crippen molar-refractivity contribution in [1.29, 1.82) is 0 Å². The maximum Gasteiger partial charge on any atom is 0.490 e. The molecule has 0 aromatic heterocycles. The molecule has 0 unspecified atom stereocenters. The van der Waals surface area contributed by atoms with E-state index >= 15 is 0 Å². The molecule has 1 saturated heterocycles. The van der Waals surface area contributed by atoms with Crippen LogP contribution in [0.4, 0.5) is 18.0 Å². The van der Waals surface area contributed by atoms with Gasteiger partial charge in [0.05, 0.1) is 5.54 Å². The van der Waals surface area contributed by atoms with Gasteiger partial charge in [-0.05, 0) is 37.8 Å². The van der Waals surface area contributed by atoms with E-state index in [1.807, 2.05) is 6.07 Å². The summed E-state index contributed by atoms with van der Waals surface area (Å²) in [5.41, 5.74) is 0.931. The minimum atomic E-state index is -5.08. The Morgan fingerprint density at radius 1 is 1.13 bits per heavy atom. The van der Waals surface area contributed by atoms with Gasteiger partial charge in [-0.2, -0.15) is 13.2 Å². The molecule has 1 aromatic rings. The van der Waals surface area contributed by atoms with E-state index in [1.165, 1.54) is 10.5 Å². The Labute approximate surface area is 177 Å². The first-order valence-electron chi connectivity index (χ1n) is 9.83. The summed E-state index contributed by atoms with van der Waals surface area (Å²) in [7, 11) is 0. The maximum absolute atomic E-state index is 12.1. The van der Waals surface area contributed by atoms with E-state index in [-0.39, 0.29) is 23.7 Å². The van der Waals surface area contributed by atoms with Crippen molar-refractivity contribution in [2.75, 3.05) is 19.6 Å². The molecule has 1 aromatic carbocycles. The minimum Gasteiger partial charge on any atom is -0.480 e. The van der Waals surface area contributed by atoms with Crippen LogP contribution >= 0.6 is 0 Å². The first-order valence-corrected chi connectivity index (χ1v) is 9.83. The lowest BCUT2D eigenvalue weighted by Crippen LogP contribution is -2.54. The fourth-order valence-corrected chi connectivity index (χ4v) is 4.18. The summed E-state index contributed by atoms with van der Waals surface area (Å²) < 4.78 is 31.7. The summed E-state index contributed by atoms with van der Waals surface area (Å²) >= 11 is 0. The molecule has 1 aliphatic heterocycles. The highest BCUT2D eigenvalue weighted by atomic mass is 19.4. The van der Waals surface area contributed by atoms with Crippen LogP contribution < -0.4 is 10.6 Å². The predicted molar refractivity (Wildman–Crippen MR) is 104 cm³/mol. The summed E-state index contributed by atoms with van der Waals surface area (Å²) in [5.74, 6) is -3.73. The highest BCUT2D eigenvalue weighted by Gasteiger charge is 2.49. The van der Waals surface area contributed by atoms with Crippen molar-refractivity contribution in [3.8, 4) is 0 Å². The molecular weight excluding hydrogens is 419 g/mol. The summed E-state index contributed by atoms with van der Waals surface area (Å²) in [6.45, 7) is 3.25. The SMILES string of the molecule is CCN[C@]1(c2ccccc2)CC[C@@]2(CC1)CN(CC(=O)O)C(=O)N2.O=C(O)C(F)(F)F. The van der Waals surface area contributed by atoms with Gasteiger partial charge >= 0.3 is 24.1 Å². The summed E-state index contributed by atoms with van der Waals surface area (Å²) in [6.07, 6.45) is -1.55. The number of rotatable bonds is 5. The zero-order chi connectivity index (χ0) is 23.3. The highest BCUT2D eigenvalue weighted by molar-refractivity contribution is 5.82. The molecule has 11 heteroatoms. The van der Waals surface area contributed by atoms with Crippen LogP contribution in [0.25, 0.3) is 0 Å². The van der Waals surface area contributed by atoms with Crippen molar-refractivity contribution < 1.29 is 37.8 Å². The number of nitrogens with one attached hydrogen (secondary N) is 2. The second kappa shape index (κ2) is 9.54. The highest BCUT2D eigenvalue weighted by Crippen LogP contribution is 2.43. The number of carbonyl (C=O) groups excluding carboxylic acids is 1. The largest absolute Gasteiger partial charge is 0.490 e. The molecule has 2 amide bonds. The monoisotopic (exact) mass is 445 g/mol. The molecule has 0 radical (unpaired) electrons. The van der Waals surface area contributed by atoms with Crippen LogP contribution in [0, 0.1) is 0 Å². The van der Waals surface area contributed by atoms with Gasteiger partial charge in [-0.3, -0.25) is 4.79 Å². The second-order valence-electron chi connectivity index (χ2n) is 7.74. The smallest absolute Gasteiger partial charge is 0.480 e. The van der Waals surface area contributed by atoms with Gasteiger partial charge in [-0.25, -0.2) is 9.59 Å². The first-order chi connectivity index (χ1) is 14.4. The molecule has 1 heterocycles. The number of carboxylic acids is 2. The van der Waals surface area contributed by atoms with Crippen LogP contribution in [0.5, 0.6) is 0 Å². The molecule has 8 nitrogen and oxygen atoms in total. The number of carboxylic acid groups (broad SMARTS) is 2. The van der Waals surface area contributed by atoms with E-state index in [0.717, 1.165) is 32.2 Å². The van der Waals surface area contributed by atoms with Crippen molar-refractivity contribution >= 4 is 18.0 Å². The Kier molecular flexibility index (Phi) is 7.53. The molecule has 1 spiro atoms. The molecule has 2 fully saturated rings. The van der Waals surface area contributed by atoms with Crippen LogP contribution in [-0.4, -0.2) is 64.4 Å². The minimum absolute atomic E-state index is 0.0633. The van der Waals surface area contributed by atoms with Crippen LogP contribution in [-0.2, 0) is 15.1 Å². The fraction of sp³-hybridized carbons (Fsp3) is 0.550. The van der Waals surface area contributed by atoms with Crippen molar-refractivity contribution in [2.24, 2.45) is 0 Å². The predicted octanol–water partition coefficient (Wildman–Crippen LogP) is 2.55. The summed E-state index contributed by atoms with van der Waals surface area (Å²) in [4.78, 5) is 33.3. The molecule has 2 aliphatic rings. The Balaban J connectivity index is 0.000000423. The number of nitrogens with zero attached hydrogens (tertiary/aromatic N) is 1. The van der Waals surface area contributed by atoms with Gasteiger partial charge in [0.15, 0.2) is 0 Å². The van der Waals surface area contributed by atoms with Crippen LogP contribution in [0.2, 0.25) is 0 Å². The zero-order valence-electron chi connectivity index (χ0n) is 17.0. The molecule has 1 aliphatic carbocycles. The zero-order valence-corrected chi connectivity index (χ0v) is 17.0. The number of amides is 2. The Hall–Kier alpha value is -2.82. The van der Waals surface area contributed by atoms with Crippen molar-refractivity contribution in [3.63, 3.8) is 0 Å². The Bertz CT molecular complexity index is 793. The number of alkyl halides is 3. The number of aliphatic carboxylic acids is 2. The quantitative estimate of drug-likeness (QED) is 0.553. The molecule has 172 valence electrons. The van der Waals surface area contributed by atoms with Gasteiger partial charge in [0.2, 0.25) is 0 Å². The van der Waals surface area contributed by atoms with Gasteiger partial charge in [-0.1, -0.05) is 37.3 Å². The molecule has 31 heavy (non-hydrogen) atoms. The topological polar surface area (TPSA) is 119 Å². The summed E-state index contributed by atoms with van der Waals surface area (Å²) in [5, 5.41) is 22.8. The van der Waals surface area contributed by atoms with E-state index in [0.29, 0.717) is 6.54 Å². The number of hydrogen-bond acceptors (Lipinski definition) is 4. The number of halogens is 3. The number of carbonyl (C=O) groups is 3. The number of hydrogen-bond donors (Lipinski definition) is 4. The normalized spacial score (nSPS) is 25.5. The van der Waals surface area contributed by atoms with E-state index in [4.69, 9.17) is 15.0 Å². The van der Waals surface area contributed by atoms with E-state index < -0.39 is 18.1 Å².